The molecule has 0 saturated carbocycles. The van der Waals surface area contributed by atoms with Crippen LogP contribution in [0.5, 0.6) is 0 Å². The van der Waals surface area contributed by atoms with Crippen LogP contribution in [0.2, 0.25) is 0 Å². The first kappa shape index (κ1) is 17.8. The molecule has 130 valence electrons. The molecule has 0 aromatic heterocycles. The van der Waals surface area contributed by atoms with E-state index in [1.807, 2.05) is 30.0 Å². The van der Waals surface area contributed by atoms with E-state index in [4.69, 9.17) is 5.73 Å². The zero-order valence-corrected chi connectivity index (χ0v) is 14.4. The number of hydrogen-bond acceptors (Lipinski definition) is 3. The molecule has 1 saturated heterocycles. The van der Waals surface area contributed by atoms with E-state index >= 15 is 0 Å². The number of nitrogens with one attached hydrogen (secondary N) is 1. The number of benzene rings is 1. The first-order chi connectivity index (χ1) is 11.6. The Morgan fingerprint density at radius 1 is 1.25 bits per heavy atom. The Morgan fingerprint density at radius 3 is 2.54 bits per heavy atom. The van der Waals surface area contributed by atoms with Gasteiger partial charge in [0.1, 0.15) is 0 Å². The second-order valence-electron chi connectivity index (χ2n) is 6.04. The van der Waals surface area contributed by atoms with Gasteiger partial charge in [-0.2, -0.15) is 0 Å². The van der Waals surface area contributed by atoms with Crippen molar-refractivity contribution in [3.8, 4) is 0 Å². The van der Waals surface area contributed by atoms with Crippen molar-refractivity contribution in [3.63, 3.8) is 0 Å². The van der Waals surface area contributed by atoms with Gasteiger partial charge in [-0.05, 0) is 19.1 Å². The SMILES string of the molecule is C=C(C)CN=C(N)NCCC(=O)N1CCN(c2ccccc2)CC1. The third kappa shape index (κ3) is 5.61. The van der Waals surface area contributed by atoms with E-state index in [0.717, 1.165) is 31.8 Å². The van der Waals surface area contributed by atoms with Gasteiger partial charge in [-0.15, -0.1) is 0 Å². The van der Waals surface area contributed by atoms with Crippen molar-refractivity contribution in [3.05, 3.63) is 42.5 Å². The molecule has 3 N–H and O–H groups in total. The second kappa shape index (κ2) is 8.96. The van der Waals surface area contributed by atoms with Gasteiger partial charge in [0.2, 0.25) is 5.91 Å². The van der Waals surface area contributed by atoms with Gasteiger partial charge >= 0.3 is 0 Å². The first-order valence-corrected chi connectivity index (χ1v) is 8.32. The highest BCUT2D eigenvalue weighted by Crippen LogP contribution is 2.15. The molecular weight excluding hydrogens is 302 g/mol. The lowest BCUT2D eigenvalue weighted by atomic mass is 10.2. The highest BCUT2D eigenvalue weighted by molar-refractivity contribution is 5.80. The van der Waals surface area contributed by atoms with Crippen LogP contribution in [0.15, 0.2) is 47.5 Å². The Labute approximate surface area is 144 Å². The summed E-state index contributed by atoms with van der Waals surface area (Å²) in [5.74, 6) is 0.516. The fourth-order valence-electron chi connectivity index (χ4n) is 2.58. The maximum absolute atomic E-state index is 12.3. The van der Waals surface area contributed by atoms with Gasteiger partial charge in [0.05, 0.1) is 6.54 Å². The topological polar surface area (TPSA) is 74.0 Å². The maximum Gasteiger partial charge on any atom is 0.224 e. The smallest absolute Gasteiger partial charge is 0.224 e. The summed E-state index contributed by atoms with van der Waals surface area (Å²) in [4.78, 5) is 20.6. The number of anilines is 1. The summed E-state index contributed by atoms with van der Waals surface area (Å²) in [5.41, 5.74) is 7.90. The van der Waals surface area contributed by atoms with Gasteiger partial charge in [-0.1, -0.05) is 30.4 Å². The van der Waals surface area contributed by atoms with Gasteiger partial charge < -0.3 is 20.9 Å². The summed E-state index contributed by atoms with van der Waals surface area (Å²) >= 11 is 0. The quantitative estimate of drug-likeness (QED) is 0.467. The molecule has 1 heterocycles. The molecule has 0 aliphatic carbocycles. The van der Waals surface area contributed by atoms with Crippen molar-refractivity contribution in [2.24, 2.45) is 10.7 Å². The molecule has 0 spiro atoms. The summed E-state index contributed by atoms with van der Waals surface area (Å²) in [6, 6.07) is 10.3. The maximum atomic E-state index is 12.3. The molecule has 1 aliphatic heterocycles. The van der Waals surface area contributed by atoms with E-state index in [1.54, 1.807) is 0 Å². The third-order valence-corrected chi connectivity index (χ3v) is 3.92. The number of hydrogen-bond donors (Lipinski definition) is 2. The Morgan fingerprint density at radius 2 is 1.92 bits per heavy atom. The number of aliphatic imine (C=N–C) groups is 1. The zero-order valence-electron chi connectivity index (χ0n) is 14.4. The Bertz CT molecular complexity index is 576. The predicted octanol–water partition coefficient (Wildman–Crippen LogP) is 1.21. The van der Waals surface area contributed by atoms with Gasteiger partial charge in [0.15, 0.2) is 5.96 Å². The molecule has 1 aliphatic rings. The number of nitrogens with zero attached hydrogens (tertiary/aromatic N) is 3. The molecule has 0 bridgehead atoms. The largest absolute Gasteiger partial charge is 0.370 e. The van der Waals surface area contributed by atoms with Crippen molar-refractivity contribution in [2.75, 3.05) is 44.2 Å². The molecule has 1 fully saturated rings. The molecule has 24 heavy (non-hydrogen) atoms. The number of carbonyl (C=O) groups excluding carboxylic acids is 1. The predicted molar refractivity (Wildman–Crippen MR) is 99.2 cm³/mol. The number of guanidine groups is 1. The third-order valence-electron chi connectivity index (χ3n) is 3.92. The summed E-state index contributed by atoms with van der Waals surface area (Å²) in [6.07, 6.45) is 0.425. The van der Waals surface area contributed by atoms with Gasteiger partial charge in [0.25, 0.3) is 0 Å². The molecule has 1 amide bonds. The monoisotopic (exact) mass is 329 g/mol. The van der Waals surface area contributed by atoms with Crippen LogP contribution in [0.4, 0.5) is 5.69 Å². The van der Waals surface area contributed by atoms with Crippen LogP contribution in [-0.4, -0.2) is 56.0 Å². The average molecular weight is 329 g/mol. The Balaban J connectivity index is 1.69. The number of piperazine rings is 1. The molecular formula is C18H27N5O. The number of rotatable bonds is 6. The number of amides is 1. The van der Waals surface area contributed by atoms with Gasteiger partial charge in [-0.3, -0.25) is 4.79 Å². The van der Waals surface area contributed by atoms with E-state index in [9.17, 15) is 4.79 Å². The normalized spacial score (nSPS) is 15.3. The van der Waals surface area contributed by atoms with Gasteiger partial charge in [-0.25, -0.2) is 4.99 Å². The summed E-state index contributed by atoms with van der Waals surface area (Å²) in [6.45, 7) is 9.93. The minimum Gasteiger partial charge on any atom is -0.370 e. The van der Waals surface area contributed by atoms with Crippen molar-refractivity contribution < 1.29 is 4.79 Å². The van der Waals surface area contributed by atoms with E-state index < -0.39 is 0 Å². The van der Waals surface area contributed by atoms with Crippen LogP contribution in [0.1, 0.15) is 13.3 Å². The van der Waals surface area contributed by atoms with Crippen molar-refractivity contribution in [2.45, 2.75) is 13.3 Å². The Hall–Kier alpha value is -2.50. The minimum absolute atomic E-state index is 0.155. The van der Waals surface area contributed by atoms with Crippen LogP contribution >= 0.6 is 0 Å². The molecule has 1 aromatic rings. The molecule has 2 rings (SSSR count). The lowest BCUT2D eigenvalue weighted by Gasteiger charge is -2.36. The number of nitrogens with two attached hydrogens (primary N) is 1. The number of para-hydroxylation sites is 1. The van der Waals surface area contributed by atoms with E-state index in [2.05, 4.69) is 33.9 Å². The first-order valence-electron chi connectivity index (χ1n) is 8.32. The van der Waals surface area contributed by atoms with Crippen LogP contribution < -0.4 is 16.0 Å². The van der Waals surface area contributed by atoms with Crippen LogP contribution in [0.3, 0.4) is 0 Å². The van der Waals surface area contributed by atoms with Crippen LogP contribution in [0.25, 0.3) is 0 Å². The van der Waals surface area contributed by atoms with E-state index in [1.165, 1.54) is 5.69 Å². The zero-order chi connectivity index (χ0) is 17.4. The molecule has 6 heteroatoms. The van der Waals surface area contributed by atoms with Gasteiger partial charge in [0, 0.05) is 44.8 Å². The molecule has 1 aromatic carbocycles. The van der Waals surface area contributed by atoms with E-state index in [0.29, 0.717) is 25.5 Å². The molecule has 0 radical (unpaired) electrons. The fraction of sp³-hybridized carbons (Fsp3) is 0.444. The number of carbonyl (C=O) groups is 1. The summed E-state index contributed by atoms with van der Waals surface area (Å²) in [5, 5.41) is 2.97. The molecule has 0 atom stereocenters. The lowest BCUT2D eigenvalue weighted by Crippen LogP contribution is -2.49. The lowest BCUT2D eigenvalue weighted by molar-refractivity contribution is -0.131. The Kier molecular flexibility index (Phi) is 6.66. The minimum atomic E-state index is 0.155. The van der Waals surface area contributed by atoms with E-state index in [-0.39, 0.29) is 5.91 Å². The van der Waals surface area contributed by atoms with Crippen LogP contribution in [0, 0.1) is 0 Å². The van der Waals surface area contributed by atoms with Crippen molar-refractivity contribution in [1.82, 2.24) is 10.2 Å². The highest BCUT2D eigenvalue weighted by atomic mass is 16.2. The van der Waals surface area contributed by atoms with Crippen molar-refractivity contribution in [1.29, 1.82) is 0 Å². The molecule has 6 nitrogen and oxygen atoms in total. The standard InChI is InChI=1S/C18H27N5O/c1-15(2)14-21-18(19)20-9-8-17(24)23-12-10-22(11-13-23)16-6-4-3-5-7-16/h3-7H,1,8-14H2,2H3,(H3,19,20,21). The second-order valence-corrected chi connectivity index (χ2v) is 6.04. The summed E-state index contributed by atoms with van der Waals surface area (Å²) in [7, 11) is 0. The summed E-state index contributed by atoms with van der Waals surface area (Å²) < 4.78 is 0. The van der Waals surface area contributed by atoms with Crippen LogP contribution in [-0.2, 0) is 4.79 Å². The molecule has 0 unspecified atom stereocenters. The average Bonchev–Trinajstić information content (AvgIpc) is 2.61. The fourth-order valence-corrected chi connectivity index (χ4v) is 2.58. The highest BCUT2D eigenvalue weighted by Gasteiger charge is 2.20. The van der Waals surface area contributed by atoms with Crippen molar-refractivity contribution >= 4 is 17.6 Å².